The molecule has 0 aromatic carbocycles. The van der Waals surface area contributed by atoms with E-state index < -0.39 is 11.7 Å². The highest BCUT2D eigenvalue weighted by Gasteiger charge is 2.60. The van der Waals surface area contributed by atoms with Crippen molar-refractivity contribution in [1.29, 1.82) is 0 Å². The molecule has 1 saturated heterocycles. The van der Waals surface area contributed by atoms with Crippen LogP contribution in [0.5, 0.6) is 0 Å². The van der Waals surface area contributed by atoms with Crippen molar-refractivity contribution in [1.82, 2.24) is 0 Å². The van der Waals surface area contributed by atoms with Crippen molar-refractivity contribution in [3.8, 4) is 23.7 Å². The first-order chi connectivity index (χ1) is 9.76. The molecule has 0 amide bonds. The first kappa shape index (κ1) is 13.5. The van der Waals surface area contributed by atoms with Gasteiger partial charge >= 0.3 is 0 Å². The third kappa shape index (κ3) is 2.41. The molecule has 0 radical (unpaired) electrons. The Balaban J connectivity index is 1.96. The number of hydrogen-bond acceptors (Lipinski definition) is 3. The molecule has 1 heterocycles. The van der Waals surface area contributed by atoms with Gasteiger partial charge in [0.15, 0.2) is 5.60 Å². The fourth-order valence-electron chi connectivity index (χ4n) is 2.76. The van der Waals surface area contributed by atoms with E-state index in [1.54, 1.807) is 0 Å². The molecule has 20 heavy (non-hydrogen) atoms. The number of aliphatic hydroxyl groups excluding tert-OH is 2. The molecule has 0 bridgehead atoms. The predicted molar refractivity (Wildman–Crippen MR) is 75.5 cm³/mol. The third-order valence-electron chi connectivity index (χ3n) is 4.04. The lowest BCUT2D eigenvalue weighted by Crippen LogP contribution is -2.34. The molecule has 3 atom stereocenters. The fourth-order valence-corrected chi connectivity index (χ4v) is 2.76. The summed E-state index contributed by atoms with van der Waals surface area (Å²) in [5.41, 5.74) is 1.26. The topological polar surface area (TPSA) is 53.0 Å². The molecular formula is C17H18O3. The van der Waals surface area contributed by atoms with Gasteiger partial charge in [-0.1, -0.05) is 29.8 Å². The van der Waals surface area contributed by atoms with Crippen LogP contribution in [-0.4, -0.2) is 34.6 Å². The van der Waals surface area contributed by atoms with Gasteiger partial charge < -0.3 is 14.9 Å². The molecule has 0 unspecified atom stereocenters. The van der Waals surface area contributed by atoms with Crippen molar-refractivity contribution >= 4 is 0 Å². The summed E-state index contributed by atoms with van der Waals surface area (Å²) < 4.78 is 5.61. The minimum atomic E-state index is -0.953. The number of ether oxygens (including phenoxy) is 1. The largest absolute Gasteiger partial charge is 0.394 e. The monoisotopic (exact) mass is 270 g/mol. The Bertz CT molecular complexity index is 579. The Morgan fingerprint density at radius 2 is 2.40 bits per heavy atom. The highest BCUT2D eigenvalue weighted by molar-refractivity contribution is 5.51. The average Bonchev–Trinajstić information content (AvgIpc) is 3.19. The lowest BCUT2D eigenvalue weighted by atomic mass is 9.92. The van der Waals surface area contributed by atoms with Crippen LogP contribution in [0.4, 0.5) is 0 Å². The van der Waals surface area contributed by atoms with Crippen LogP contribution in [0, 0.1) is 23.7 Å². The van der Waals surface area contributed by atoms with Crippen molar-refractivity contribution < 1.29 is 14.9 Å². The maximum atomic E-state index is 9.98. The van der Waals surface area contributed by atoms with Gasteiger partial charge in [0.1, 0.15) is 12.2 Å². The van der Waals surface area contributed by atoms with Gasteiger partial charge in [0.05, 0.1) is 6.61 Å². The molecule has 104 valence electrons. The van der Waals surface area contributed by atoms with Crippen molar-refractivity contribution in [2.45, 2.75) is 49.9 Å². The first-order valence-electron chi connectivity index (χ1n) is 7.14. The van der Waals surface area contributed by atoms with Crippen molar-refractivity contribution in [3.63, 3.8) is 0 Å². The molecule has 3 nitrogen and oxygen atoms in total. The second-order valence-corrected chi connectivity index (χ2v) is 5.39. The molecule has 1 fully saturated rings. The van der Waals surface area contributed by atoms with Gasteiger partial charge in [0, 0.05) is 12.0 Å². The van der Waals surface area contributed by atoms with Crippen molar-refractivity contribution in [3.05, 3.63) is 23.3 Å². The zero-order valence-electron chi connectivity index (χ0n) is 11.4. The molecule has 0 saturated carbocycles. The number of allylic oxidation sites excluding steroid dienone is 4. The zero-order chi connectivity index (χ0) is 14.0. The van der Waals surface area contributed by atoms with Gasteiger partial charge in [0.2, 0.25) is 0 Å². The van der Waals surface area contributed by atoms with Crippen LogP contribution in [-0.2, 0) is 4.74 Å². The van der Waals surface area contributed by atoms with E-state index in [0.29, 0.717) is 0 Å². The SMILES string of the molecule is OC[C@@H](O)[C@@]12C#CC3=CCCC/C3=C/C#CCC[C@@H]1O2. The second-order valence-electron chi connectivity index (χ2n) is 5.39. The number of hydrogen-bond donors (Lipinski definition) is 2. The van der Waals surface area contributed by atoms with E-state index >= 15 is 0 Å². The molecule has 3 rings (SSSR count). The molecule has 1 aliphatic heterocycles. The molecule has 0 spiro atoms. The summed E-state index contributed by atoms with van der Waals surface area (Å²) in [7, 11) is 0. The minimum absolute atomic E-state index is 0.128. The summed E-state index contributed by atoms with van der Waals surface area (Å²) in [4.78, 5) is 0. The third-order valence-corrected chi connectivity index (χ3v) is 4.04. The maximum absolute atomic E-state index is 9.98. The Kier molecular flexibility index (Phi) is 3.68. The van der Waals surface area contributed by atoms with Crippen LogP contribution in [0.15, 0.2) is 23.3 Å². The summed E-state index contributed by atoms with van der Waals surface area (Å²) in [6, 6.07) is 0. The average molecular weight is 270 g/mol. The number of fused-ring (bicyclic) bond motifs is 2. The van der Waals surface area contributed by atoms with Gasteiger partial charge in [-0.25, -0.2) is 0 Å². The summed E-state index contributed by atoms with van der Waals surface area (Å²) in [5, 5.41) is 19.2. The minimum Gasteiger partial charge on any atom is -0.394 e. The molecule has 0 aromatic heterocycles. The zero-order valence-corrected chi connectivity index (χ0v) is 11.4. The van der Waals surface area contributed by atoms with Crippen LogP contribution in [0.2, 0.25) is 0 Å². The summed E-state index contributed by atoms with van der Waals surface area (Å²) in [5.74, 6) is 12.4. The van der Waals surface area contributed by atoms with Gasteiger partial charge in [-0.05, 0) is 37.3 Å². The standard InChI is InChI=1S/C17H18O3/c18-12-15(19)17-11-10-14-8-5-4-7-13(14)6-2-1-3-9-16(17)20-17/h6,8,15-16,18-19H,3-5,7,9,12H2/b13-6-/t15-,16+,17+/m1/s1. The first-order valence-corrected chi connectivity index (χ1v) is 7.14. The highest BCUT2D eigenvalue weighted by Crippen LogP contribution is 2.42. The van der Waals surface area contributed by atoms with E-state index in [-0.39, 0.29) is 12.7 Å². The Hall–Kier alpha value is -1.52. The van der Waals surface area contributed by atoms with E-state index in [1.807, 2.05) is 6.08 Å². The maximum Gasteiger partial charge on any atom is 0.183 e. The molecule has 2 N–H and O–H groups in total. The highest BCUT2D eigenvalue weighted by atomic mass is 16.6. The van der Waals surface area contributed by atoms with E-state index in [2.05, 4.69) is 29.8 Å². The Labute approximate surface area is 119 Å². The molecule has 3 heteroatoms. The fraction of sp³-hybridized carbons (Fsp3) is 0.529. The number of aliphatic hydroxyl groups is 2. The Morgan fingerprint density at radius 3 is 3.25 bits per heavy atom. The predicted octanol–water partition coefficient (Wildman–Crippen LogP) is 1.31. The van der Waals surface area contributed by atoms with Crippen LogP contribution in [0.1, 0.15) is 32.1 Å². The molecule has 0 aromatic rings. The second kappa shape index (κ2) is 5.46. The Morgan fingerprint density at radius 1 is 1.50 bits per heavy atom. The van der Waals surface area contributed by atoms with Crippen molar-refractivity contribution in [2.75, 3.05) is 6.61 Å². The van der Waals surface area contributed by atoms with Crippen LogP contribution in [0.25, 0.3) is 0 Å². The lowest BCUT2D eigenvalue weighted by molar-refractivity contribution is 0.0483. The van der Waals surface area contributed by atoms with Crippen LogP contribution >= 0.6 is 0 Å². The van der Waals surface area contributed by atoms with E-state index in [1.165, 1.54) is 5.57 Å². The smallest absolute Gasteiger partial charge is 0.183 e. The van der Waals surface area contributed by atoms with Gasteiger partial charge in [-0.2, -0.15) is 0 Å². The van der Waals surface area contributed by atoms with Crippen molar-refractivity contribution in [2.24, 2.45) is 0 Å². The van der Waals surface area contributed by atoms with E-state index in [4.69, 9.17) is 4.74 Å². The van der Waals surface area contributed by atoms with E-state index in [9.17, 15) is 10.2 Å². The van der Waals surface area contributed by atoms with Gasteiger partial charge in [0.25, 0.3) is 0 Å². The quantitative estimate of drug-likeness (QED) is 0.587. The summed E-state index contributed by atoms with van der Waals surface area (Å²) >= 11 is 0. The van der Waals surface area contributed by atoms with E-state index in [0.717, 1.165) is 37.7 Å². The van der Waals surface area contributed by atoms with Gasteiger partial charge in [-0.15, -0.1) is 0 Å². The van der Waals surface area contributed by atoms with Gasteiger partial charge in [-0.3, -0.25) is 0 Å². The lowest BCUT2D eigenvalue weighted by Gasteiger charge is -2.13. The summed E-state index contributed by atoms with van der Waals surface area (Å²) in [6.45, 7) is -0.335. The molecule has 3 aliphatic rings. The molecule has 2 aliphatic carbocycles. The summed E-state index contributed by atoms with van der Waals surface area (Å²) in [6.07, 6.45) is 7.61. The number of epoxide rings is 1. The van der Waals surface area contributed by atoms with Crippen LogP contribution < -0.4 is 0 Å². The molecular weight excluding hydrogens is 252 g/mol. The normalized spacial score (nSPS) is 35.2. The van der Waals surface area contributed by atoms with Crippen LogP contribution in [0.3, 0.4) is 0 Å². The number of rotatable bonds is 2.